The number of pyridine rings is 1. The van der Waals surface area contributed by atoms with Crippen LogP contribution in [-0.4, -0.2) is 110 Å². The van der Waals surface area contributed by atoms with E-state index < -0.39 is 5.41 Å². The van der Waals surface area contributed by atoms with Gasteiger partial charge in [-0.25, -0.2) is 4.98 Å². The number of nitrogens with zero attached hydrogens (tertiary/aromatic N) is 5. The fraction of sp³-hybridized carbons (Fsp3) is 0.568. The highest BCUT2D eigenvalue weighted by Crippen LogP contribution is 2.48. The molecule has 2 aromatic heterocycles. The Labute approximate surface area is 298 Å². The Morgan fingerprint density at radius 3 is 2.30 bits per heavy atom. The van der Waals surface area contributed by atoms with Gasteiger partial charge in [-0.2, -0.15) is 0 Å². The highest BCUT2D eigenvalue weighted by atomic mass is 35.5. The number of aromatic nitrogens is 3. The predicted molar refractivity (Wildman–Crippen MR) is 188 cm³/mol. The van der Waals surface area contributed by atoms with Gasteiger partial charge in [-0.15, -0.1) is 6.42 Å². The van der Waals surface area contributed by atoms with E-state index in [9.17, 15) is 9.59 Å². The minimum Gasteiger partial charge on any atom is -0.379 e. The van der Waals surface area contributed by atoms with Crippen LogP contribution in [0.3, 0.4) is 0 Å². The molecule has 2 aliphatic heterocycles. The third-order valence-corrected chi connectivity index (χ3v) is 9.61. The van der Waals surface area contributed by atoms with Crippen molar-refractivity contribution in [2.45, 2.75) is 50.6 Å². The fourth-order valence-electron chi connectivity index (χ4n) is 6.58. The van der Waals surface area contributed by atoms with E-state index >= 15 is 0 Å². The van der Waals surface area contributed by atoms with Crippen LogP contribution in [0.1, 0.15) is 43.5 Å². The molecule has 13 heteroatoms. The number of terminal acetylenes is 1. The van der Waals surface area contributed by atoms with Gasteiger partial charge in [-0.05, 0) is 61.4 Å². The second-order valence-corrected chi connectivity index (χ2v) is 13.4. The molecule has 2 amide bonds. The van der Waals surface area contributed by atoms with Gasteiger partial charge < -0.3 is 38.1 Å². The lowest BCUT2D eigenvalue weighted by Gasteiger charge is -2.47. The highest BCUT2D eigenvalue weighted by Gasteiger charge is 2.59. The van der Waals surface area contributed by atoms with Gasteiger partial charge in [0, 0.05) is 43.9 Å². The first-order valence-electron chi connectivity index (χ1n) is 17.5. The molecular weight excluding hydrogens is 662 g/mol. The average molecular weight is 708 g/mol. The molecule has 2 fully saturated rings. The van der Waals surface area contributed by atoms with Gasteiger partial charge in [0.15, 0.2) is 0 Å². The molecular formula is C37H46ClN5O7. The van der Waals surface area contributed by atoms with Gasteiger partial charge in [-0.1, -0.05) is 17.5 Å². The van der Waals surface area contributed by atoms with E-state index in [0.717, 1.165) is 53.8 Å². The fourth-order valence-corrected chi connectivity index (χ4v) is 6.75. The lowest BCUT2D eigenvalue weighted by atomic mass is 9.74. The molecule has 6 rings (SSSR count). The highest BCUT2D eigenvalue weighted by molar-refractivity contribution is 6.31. The maximum absolute atomic E-state index is 14.1. The Morgan fingerprint density at radius 1 is 0.940 bits per heavy atom. The molecule has 3 aromatic rings. The normalized spacial score (nSPS) is 16.3. The zero-order valence-corrected chi connectivity index (χ0v) is 29.3. The summed E-state index contributed by atoms with van der Waals surface area (Å²) in [5.41, 5.74) is 2.76. The number of unbranched alkanes of at least 4 members (excludes halogenated alkanes) is 1. The van der Waals surface area contributed by atoms with Crippen LogP contribution in [0.15, 0.2) is 36.7 Å². The van der Waals surface area contributed by atoms with Crippen LogP contribution in [0, 0.1) is 18.3 Å². The number of halogens is 1. The molecule has 268 valence electrons. The summed E-state index contributed by atoms with van der Waals surface area (Å²) in [5, 5.41) is 0.611. The molecule has 1 saturated carbocycles. The third kappa shape index (κ3) is 8.83. The van der Waals surface area contributed by atoms with E-state index in [0.29, 0.717) is 110 Å². The topological polar surface area (TPSA) is 117 Å². The molecule has 0 radical (unpaired) electrons. The Bertz CT molecular complexity index is 1650. The van der Waals surface area contributed by atoms with Crippen molar-refractivity contribution in [3.63, 3.8) is 0 Å². The number of fused-ring (bicyclic) bond motifs is 3. The maximum atomic E-state index is 14.1. The van der Waals surface area contributed by atoms with E-state index in [1.807, 2.05) is 29.2 Å². The second-order valence-electron chi connectivity index (χ2n) is 13.0. The lowest BCUT2D eigenvalue weighted by Crippen LogP contribution is -2.65. The maximum Gasteiger partial charge on any atom is 0.241 e. The van der Waals surface area contributed by atoms with Crippen molar-refractivity contribution in [2.24, 2.45) is 5.92 Å². The molecule has 50 heavy (non-hydrogen) atoms. The zero-order valence-electron chi connectivity index (χ0n) is 28.5. The van der Waals surface area contributed by atoms with Crippen molar-refractivity contribution in [2.75, 3.05) is 84.1 Å². The van der Waals surface area contributed by atoms with E-state index in [4.69, 9.17) is 46.7 Å². The summed E-state index contributed by atoms with van der Waals surface area (Å²) in [6.07, 6.45) is 13.2. The molecule has 0 unspecified atom stereocenters. The Morgan fingerprint density at radius 2 is 1.62 bits per heavy atom. The summed E-state index contributed by atoms with van der Waals surface area (Å²) in [6, 6.07) is 7.63. The van der Waals surface area contributed by atoms with Crippen molar-refractivity contribution in [1.29, 1.82) is 0 Å². The Kier molecular flexibility index (Phi) is 12.7. The molecule has 0 atom stereocenters. The molecule has 1 aromatic carbocycles. The number of amides is 2. The molecule has 0 bridgehead atoms. The minimum atomic E-state index is -0.723. The van der Waals surface area contributed by atoms with Gasteiger partial charge in [-0.3, -0.25) is 14.6 Å². The number of imidazole rings is 1. The molecule has 3 aliphatic rings. The largest absolute Gasteiger partial charge is 0.379 e. The number of likely N-dealkylation sites (tertiary alicyclic amines) is 1. The van der Waals surface area contributed by atoms with Gasteiger partial charge in [0.05, 0.1) is 82.3 Å². The summed E-state index contributed by atoms with van der Waals surface area (Å²) in [6.45, 7) is 6.70. The van der Waals surface area contributed by atoms with E-state index in [1.54, 1.807) is 17.3 Å². The SMILES string of the molecule is C#CCOCCOCCOCCOCCOCCCCn1c(CN2C(=O)C3(CN(C(=O)CC4CC4)C3)c3ccncc32)nc2cc(Cl)ccc21. The van der Waals surface area contributed by atoms with Crippen molar-refractivity contribution in [1.82, 2.24) is 19.4 Å². The Hall–Kier alpha value is -3.57. The van der Waals surface area contributed by atoms with E-state index in [-0.39, 0.29) is 11.8 Å². The quantitative estimate of drug-likeness (QED) is 0.113. The van der Waals surface area contributed by atoms with Crippen LogP contribution < -0.4 is 4.90 Å². The van der Waals surface area contributed by atoms with Gasteiger partial charge in [0.25, 0.3) is 0 Å². The first kappa shape index (κ1) is 36.2. The monoisotopic (exact) mass is 707 g/mol. The number of aryl methyl sites for hydroxylation is 1. The first-order chi connectivity index (χ1) is 24.5. The van der Waals surface area contributed by atoms with Crippen LogP contribution in [0.5, 0.6) is 0 Å². The van der Waals surface area contributed by atoms with Crippen LogP contribution in [0.4, 0.5) is 5.69 Å². The van der Waals surface area contributed by atoms with Crippen LogP contribution in [-0.2, 0) is 51.8 Å². The van der Waals surface area contributed by atoms with E-state index in [2.05, 4.69) is 15.5 Å². The number of benzene rings is 1. The summed E-state index contributed by atoms with van der Waals surface area (Å²) in [5.74, 6) is 3.85. The smallest absolute Gasteiger partial charge is 0.241 e. The van der Waals surface area contributed by atoms with Crippen LogP contribution in [0.2, 0.25) is 5.02 Å². The average Bonchev–Trinajstić information content (AvgIpc) is 3.80. The van der Waals surface area contributed by atoms with Gasteiger partial charge in [0.1, 0.15) is 17.8 Å². The zero-order chi connectivity index (χ0) is 34.8. The number of ether oxygens (including phenoxy) is 5. The molecule has 12 nitrogen and oxygen atoms in total. The van der Waals surface area contributed by atoms with E-state index in [1.165, 1.54) is 0 Å². The molecule has 1 saturated heterocycles. The summed E-state index contributed by atoms with van der Waals surface area (Å²) >= 11 is 6.34. The molecule has 4 heterocycles. The van der Waals surface area contributed by atoms with Crippen molar-refractivity contribution in [3.05, 3.63) is 53.1 Å². The second kappa shape index (κ2) is 17.6. The minimum absolute atomic E-state index is 0.00202. The molecule has 1 spiro atoms. The summed E-state index contributed by atoms with van der Waals surface area (Å²) in [7, 11) is 0. The van der Waals surface area contributed by atoms with Gasteiger partial charge >= 0.3 is 0 Å². The van der Waals surface area contributed by atoms with Crippen LogP contribution >= 0.6 is 11.6 Å². The van der Waals surface area contributed by atoms with Crippen molar-refractivity contribution in [3.8, 4) is 12.3 Å². The van der Waals surface area contributed by atoms with Crippen molar-refractivity contribution < 1.29 is 33.3 Å². The number of anilines is 1. The summed E-state index contributed by atoms with van der Waals surface area (Å²) < 4.78 is 29.6. The molecule has 0 N–H and O–H groups in total. The molecule has 1 aliphatic carbocycles. The van der Waals surface area contributed by atoms with Crippen LogP contribution in [0.25, 0.3) is 11.0 Å². The van der Waals surface area contributed by atoms with Crippen molar-refractivity contribution >= 4 is 40.1 Å². The Balaban J connectivity index is 0.947. The lowest BCUT2D eigenvalue weighted by molar-refractivity contribution is -0.144. The first-order valence-corrected chi connectivity index (χ1v) is 17.9. The number of rotatable bonds is 22. The number of hydrogen-bond acceptors (Lipinski definition) is 9. The number of carbonyl (C=O) groups is 2. The van der Waals surface area contributed by atoms with Gasteiger partial charge in [0.2, 0.25) is 11.8 Å². The number of carbonyl (C=O) groups excluding carboxylic acids is 2. The third-order valence-electron chi connectivity index (χ3n) is 9.38. The predicted octanol–water partition coefficient (Wildman–Crippen LogP) is 4.01. The summed E-state index contributed by atoms with van der Waals surface area (Å²) in [4.78, 5) is 39.9. The number of hydrogen-bond donors (Lipinski definition) is 0. The standard InChI is InChI=1S/C37H46ClN5O7/c1-2-12-46-14-16-48-18-20-50-21-19-49-17-15-47-13-4-3-11-42-32-8-7-29(38)23-31(32)40-34(42)25-43-33-24-39-10-9-30(33)37(36(43)45)26-41(27-37)35(44)22-28-5-6-28/h1,7-10,23-24,28H,3-6,11-22,25-27H2.